The van der Waals surface area contributed by atoms with Gasteiger partial charge in [-0.3, -0.25) is 0 Å². The van der Waals surface area contributed by atoms with Crippen molar-refractivity contribution in [2.45, 2.75) is 70.4 Å². The molecule has 16 heavy (non-hydrogen) atoms. The van der Waals surface area contributed by atoms with Gasteiger partial charge in [-0.15, -0.1) is 0 Å². The lowest BCUT2D eigenvalue weighted by atomic mass is 9.83. The van der Waals surface area contributed by atoms with Crippen molar-refractivity contribution in [3.63, 3.8) is 0 Å². The molecular formula is C14H27NO. The number of aliphatic hydroxyl groups excluding tert-OH is 1. The molecule has 0 bridgehead atoms. The van der Waals surface area contributed by atoms with Gasteiger partial charge in [-0.05, 0) is 50.4 Å². The highest BCUT2D eigenvalue weighted by atomic mass is 16.3. The Kier molecular flexibility index (Phi) is 4.66. The molecule has 2 atom stereocenters. The monoisotopic (exact) mass is 225 g/mol. The summed E-state index contributed by atoms with van der Waals surface area (Å²) >= 11 is 0. The molecular weight excluding hydrogens is 198 g/mol. The van der Waals surface area contributed by atoms with E-state index in [0.717, 1.165) is 18.0 Å². The Bertz CT molecular complexity index is 199. The fraction of sp³-hybridized carbons (Fsp3) is 1.00. The van der Waals surface area contributed by atoms with E-state index in [-0.39, 0.29) is 0 Å². The highest BCUT2D eigenvalue weighted by Crippen LogP contribution is 2.27. The van der Waals surface area contributed by atoms with Crippen LogP contribution in [0.15, 0.2) is 0 Å². The summed E-state index contributed by atoms with van der Waals surface area (Å²) in [5.41, 5.74) is 0. The quantitative estimate of drug-likeness (QED) is 0.774. The Balaban J connectivity index is 1.69. The fourth-order valence-corrected chi connectivity index (χ4v) is 3.43. The van der Waals surface area contributed by atoms with Crippen LogP contribution in [0.5, 0.6) is 0 Å². The molecule has 0 aromatic carbocycles. The van der Waals surface area contributed by atoms with E-state index in [1.54, 1.807) is 0 Å². The second-order valence-electron chi connectivity index (χ2n) is 6.04. The predicted molar refractivity (Wildman–Crippen MR) is 67.4 cm³/mol. The SMILES string of the molecule is CC1CCCC(NC2CCC(CO)CC2)C1. The number of aliphatic hydroxyl groups is 1. The van der Waals surface area contributed by atoms with Crippen molar-refractivity contribution in [2.24, 2.45) is 11.8 Å². The molecule has 2 saturated carbocycles. The van der Waals surface area contributed by atoms with Gasteiger partial charge in [-0.1, -0.05) is 19.8 Å². The van der Waals surface area contributed by atoms with Crippen LogP contribution in [0.3, 0.4) is 0 Å². The minimum Gasteiger partial charge on any atom is -0.396 e. The zero-order chi connectivity index (χ0) is 11.4. The maximum atomic E-state index is 9.11. The van der Waals surface area contributed by atoms with E-state index in [9.17, 15) is 0 Å². The van der Waals surface area contributed by atoms with Gasteiger partial charge in [0.2, 0.25) is 0 Å². The lowest BCUT2D eigenvalue weighted by Gasteiger charge is -2.34. The van der Waals surface area contributed by atoms with E-state index in [2.05, 4.69) is 12.2 Å². The molecule has 2 rings (SSSR count). The summed E-state index contributed by atoms with van der Waals surface area (Å²) in [5, 5.41) is 13.0. The lowest BCUT2D eigenvalue weighted by molar-refractivity contribution is 0.165. The zero-order valence-electron chi connectivity index (χ0n) is 10.6. The first kappa shape index (κ1) is 12.4. The third-order valence-electron chi connectivity index (χ3n) is 4.51. The highest BCUT2D eigenvalue weighted by Gasteiger charge is 2.25. The van der Waals surface area contributed by atoms with Crippen LogP contribution in [0, 0.1) is 11.8 Å². The van der Waals surface area contributed by atoms with Gasteiger partial charge in [-0.25, -0.2) is 0 Å². The Hall–Kier alpha value is -0.0800. The highest BCUT2D eigenvalue weighted by molar-refractivity contribution is 4.83. The largest absolute Gasteiger partial charge is 0.396 e. The van der Waals surface area contributed by atoms with Crippen molar-refractivity contribution in [3.05, 3.63) is 0 Å². The van der Waals surface area contributed by atoms with Gasteiger partial charge in [0.1, 0.15) is 0 Å². The standard InChI is InChI=1S/C14H27NO/c1-11-3-2-4-14(9-11)15-13-7-5-12(10-16)6-8-13/h11-16H,2-10H2,1H3. The van der Waals surface area contributed by atoms with Gasteiger partial charge in [0.05, 0.1) is 0 Å². The zero-order valence-corrected chi connectivity index (χ0v) is 10.6. The molecule has 2 N–H and O–H groups in total. The second-order valence-corrected chi connectivity index (χ2v) is 6.04. The maximum absolute atomic E-state index is 9.11. The van der Waals surface area contributed by atoms with E-state index in [1.807, 2.05) is 0 Å². The van der Waals surface area contributed by atoms with Crippen molar-refractivity contribution in [2.75, 3.05) is 6.61 Å². The first-order valence-corrected chi connectivity index (χ1v) is 7.15. The summed E-state index contributed by atoms with van der Waals surface area (Å²) in [5.74, 6) is 1.50. The van der Waals surface area contributed by atoms with E-state index in [4.69, 9.17) is 5.11 Å². The third-order valence-corrected chi connectivity index (χ3v) is 4.51. The van der Waals surface area contributed by atoms with Crippen molar-refractivity contribution >= 4 is 0 Å². The molecule has 2 unspecified atom stereocenters. The molecule has 0 amide bonds. The minimum absolute atomic E-state index is 0.396. The van der Waals surface area contributed by atoms with Gasteiger partial charge in [0.25, 0.3) is 0 Å². The summed E-state index contributed by atoms with van der Waals surface area (Å²) in [6.45, 7) is 2.78. The van der Waals surface area contributed by atoms with Gasteiger partial charge < -0.3 is 10.4 Å². The molecule has 0 aromatic heterocycles. The Morgan fingerprint density at radius 2 is 1.75 bits per heavy atom. The number of nitrogens with one attached hydrogen (secondary N) is 1. The van der Waals surface area contributed by atoms with Crippen LogP contribution >= 0.6 is 0 Å². The first-order valence-electron chi connectivity index (χ1n) is 7.15. The molecule has 2 fully saturated rings. The summed E-state index contributed by atoms with van der Waals surface area (Å²) in [7, 11) is 0. The smallest absolute Gasteiger partial charge is 0.0459 e. The Morgan fingerprint density at radius 3 is 2.38 bits per heavy atom. The van der Waals surface area contributed by atoms with Crippen molar-refractivity contribution in [1.82, 2.24) is 5.32 Å². The van der Waals surface area contributed by atoms with Crippen LogP contribution in [0.4, 0.5) is 0 Å². The maximum Gasteiger partial charge on any atom is 0.0459 e. The predicted octanol–water partition coefficient (Wildman–Crippen LogP) is 2.71. The molecule has 2 aliphatic rings. The third kappa shape index (κ3) is 3.46. The number of rotatable bonds is 3. The summed E-state index contributed by atoms with van der Waals surface area (Å²) in [4.78, 5) is 0. The van der Waals surface area contributed by atoms with Crippen molar-refractivity contribution in [3.8, 4) is 0 Å². The molecule has 2 nitrogen and oxygen atoms in total. The van der Waals surface area contributed by atoms with Gasteiger partial charge in [0, 0.05) is 18.7 Å². The molecule has 0 aliphatic heterocycles. The average molecular weight is 225 g/mol. The Labute approximate surface area is 99.8 Å². The van der Waals surface area contributed by atoms with E-state index >= 15 is 0 Å². The van der Waals surface area contributed by atoms with Gasteiger partial charge in [-0.2, -0.15) is 0 Å². The van der Waals surface area contributed by atoms with Crippen LogP contribution in [-0.4, -0.2) is 23.8 Å². The van der Waals surface area contributed by atoms with Crippen LogP contribution in [0.25, 0.3) is 0 Å². The topological polar surface area (TPSA) is 32.3 Å². The normalized spacial score (nSPS) is 40.9. The van der Waals surface area contributed by atoms with Crippen LogP contribution < -0.4 is 5.32 Å². The molecule has 0 radical (unpaired) electrons. The summed E-state index contributed by atoms with van der Waals surface area (Å²) in [6, 6.07) is 1.51. The molecule has 94 valence electrons. The summed E-state index contributed by atoms with van der Waals surface area (Å²) in [6.07, 6.45) is 10.6. The van der Waals surface area contributed by atoms with Crippen molar-refractivity contribution < 1.29 is 5.11 Å². The van der Waals surface area contributed by atoms with Crippen LogP contribution in [0.1, 0.15) is 58.3 Å². The van der Waals surface area contributed by atoms with Crippen LogP contribution in [-0.2, 0) is 0 Å². The first-order chi connectivity index (χ1) is 7.78. The second kappa shape index (κ2) is 6.02. The van der Waals surface area contributed by atoms with Gasteiger partial charge in [0.15, 0.2) is 0 Å². The van der Waals surface area contributed by atoms with Crippen molar-refractivity contribution in [1.29, 1.82) is 0 Å². The molecule has 2 heteroatoms. The van der Waals surface area contributed by atoms with E-state index in [0.29, 0.717) is 12.5 Å². The number of hydrogen-bond acceptors (Lipinski definition) is 2. The van der Waals surface area contributed by atoms with E-state index < -0.39 is 0 Å². The number of hydrogen-bond donors (Lipinski definition) is 2. The lowest BCUT2D eigenvalue weighted by Crippen LogP contribution is -2.42. The van der Waals surface area contributed by atoms with E-state index in [1.165, 1.54) is 51.4 Å². The fourth-order valence-electron chi connectivity index (χ4n) is 3.43. The minimum atomic E-state index is 0.396. The molecule has 0 saturated heterocycles. The Morgan fingerprint density at radius 1 is 1.00 bits per heavy atom. The van der Waals surface area contributed by atoms with Gasteiger partial charge >= 0.3 is 0 Å². The molecule has 0 spiro atoms. The van der Waals surface area contributed by atoms with Crippen LogP contribution in [0.2, 0.25) is 0 Å². The molecule has 0 heterocycles. The summed E-state index contributed by atoms with van der Waals surface area (Å²) < 4.78 is 0. The molecule has 0 aromatic rings. The average Bonchev–Trinajstić information content (AvgIpc) is 2.30. The molecule has 2 aliphatic carbocycles.